The number of nitrogens with zero attached hydrogens (tertiary/aromatic N) is 1. The Morgan fingerprint density at radius 3 is 2.45 bits per heavy atom. The second kappa shape index (κ2) is 7.65. The number of benzene rings is 1. The van der Waals surface area contributed by atoms with E-state index in [2.05, 4.69) is 44.9 Å². The van der Waals surface area contributed by atoms with Gasteiger partial charge < -0.3 is 15.4 Å². The molecule has 20 heavy (non-hydrogen) atoms. The van der Waals surface area contributed by atoms with Crippen molar-refractivity contribution in [3.63, 3.8) is 0 Å². The highest BCUT2D eigenvalue weighted by Crippen LogP contribution is 2.25. The van der Waals surface area contributed by atoms with Gasteiger partial charge in [-0.25, -0.2) is 0 Å². The van der Waals surface area contributed by atoms with Gasteiger partial charge in [-0.3, -0.25) is 0 Å². The van der Waals surface area contributed by atoms with E-state index in [0.29, 0.717) is 11.3 Å². The molecule has 0 bridgehead atoms. The highest BCUT2D eigenvalue weighted by atomic mass is 16.5. The molecule has 0 radical (unpaired) electrons. The van der Waals surface area contributed by atoms with Crippen molar-refractivity contribution in [1.29, 1.82) is 0 Å². The molecule has 0 fully saturated rings. The predicted molar refractivity (Wildman–Crippen MR) is 85.9 cm³/mol. The molecule has 1 atom stereocenters. The van der Waals surface area contributed by atoms with Gasteiger partial charge in [-0.2, -0.15) is 0 Å². The van der Waals surface area contributed by atoms with E-state index in [1.807, 2.05) is 12.1 Å². The molecule has 3 heteroatoms. The largest absolute Gasteiger partial charge is 0.496 e. The van der Waals surface area contributed by atoms with E-state index in [-0.39, 0.29) is 0 Å². The Morgan fingerprint density at radius 2 is 1.90 bits per heavy atom. The zero-order chi connectivity index (χ0) is 15.2. The lowest BCUT2D eigenvalue weighted by Crippen LogP contribution is -2.32. The normalized spacial score (nSPS) is 13.6. The van der Waals surface area contributed by atoms with Crippen molar-refractivity contribution in [2.24, 2.45) is 17.1 Å². The molecule has 3 nitrogen and oxygen atoms in total. The van der Waals surface area contributed by atoms with Crippen LogP contribution in [0.2, 0.25) is 0 Å². The first kappa shape index (κ1) is 17.0. The van der Waals surface area contributed by atoms with Gasteiger partial charge in [-0.05, 0) is 37.4 Å². The summed E-state index contributed by atoms with van der Waals surface area (Å²) in [6.07, 6.45) is 1.15. The van der Waals surface area contributed by atoms with Crippen molar-refractivity contribution in [3.8, 4) is 5.75 Å². The number of hydrogen-bond donors (Lipinski definition) is 1. The lowest BCUT2D eigenvalue weighted by molar-refractivity contribution is 0.215. The first-order chi connectivity index (χ1) is 9.35. The third-order valence-electron chi connectivity index (χ3n) is 3.44. The number of rotatable bonds is 7. The molecule has 1 rings (SSSR count). The van der Waals surface area contributed by atoms with Crippen molar-refractivity contribution >= 4 is 0 Å². The lowest BCUT2D eigenvalue weighted by Gasteiger charge is -2.29. The number of para-hydroxylation sites is 1. The van der Waals surface area contributed by atoms with E-state index in [9.17, 15) is 0 Å². The van der Waals surface area contributed by atoms with E-state index >= 15 is 0 Å². The molecule has 0 amide bonds. The molecule has 1 aromatic rings. The SMILES string of the molecule is COc1ccccc1CN(C)CC(CN)CC(C)(C)C. The molecular formula is C17H30N2O. The minimum Gasteiger partial charge on any atom is -0.496 e. The Morgan fingerprint density at radius 1 is 1.25 bits per heavy atom. The van der Waals surface area contributed by atoms with Gasteiger partial charge in [0.15, 0.2) is 0 Å². The van der Waals surface area contributed by atoms with E-state index in [1.165, 1.54) is 5.56 Å². The summed E-state index contributed by atoms with van der Waals surface area (Å²) in [6.45, 7) is 9.48. The molecule has 2 N–H and O–H groups in total. The third-order valence-corrected chi connectivity index (χ3v) is 3.44. The molecule has 0 spiro atoms. The molecule has 1 aromatic carbocycles. The number of nitrogens with two attached hydrogens (primary N) is 1. The van der Waals surface area contributed by atoms with Gasteiger partial charge in [0.2, 0.25) is 0 Å². The van der Waals surface area contributed by atoms with E-state index in [4.69, 9.17) is 10.5 Å². The van der Waals surface area contributed by atoms with Gasteiger partial charge in [0.25, 0.3) is 0 Å². The fraction of sp³-hybridized carbons (Fsp3) is 0.647. The number of ether oxygens (including phenoxy) is 1. The van der Waals surface area contributed by atoms with Crippen LogP contribution in [0.1, 0.15) is 32.8 Å². The number of methoxy groups -OCH3 is 1. The molecule has 0 saturated carbocycles. The summed E-state index contributed by atoms with van der Waals surface area (Å²) < 4.78 is 5.41. The van der Waals surface area contributed by atoms with Crippen LogP contribution in [0, 0.1) is 11.3 Å². The summed E-state index contributed by atoms with van der Waals surface area (Å²) in [7, 11) is 3.87. The standard InChI is InChI=1S/C17H30N2O/c1-17(2,3)10-14(11-18)12-19(4)13-15-8-6-7-9-16(15)20-5/h6-9,14H,10-13,18H2,1-5H3. The van der Waals surface area contributed by atoms with E-state index in [1.54, 1.807) is 7.11 Å². The van der Waals surface area contributed by atoms with Crippen LogP contribution >= 0.6 is 0 Å². The third kappa shape index (κ3) is 5.93. The minimum atomic E-state index is 0.329. The summed E-state index contributed by atoms with van der Waals surface area (Å²) in [5.41, 5.74) is 7.48. The van der Waals surface area contributed by atoms with Gasteiger partial charge in [0.05, 0.1) is 7.11 Å². The number of hydrogen-bond acceptors (Lipinski definition) is 3. The molecule has 0 heterocycles. The molecule has 114 valence electrons. The van der Waals surface area contributed by atoms with E-state index in [0.717, 1.165) is 31.8 Å². The molecule has 0 aliphatic heterocycles. The van der Waals surface area contributed by atoms with Crippen molar-refractivity contribution < 1.29 is 4.74 Å². The maximum Gasteiger partial charge on any atom is 0.123 e. The Kier molecular flexibility index (Phi) is 6.50. The highest BCUT2D eigenvalue weighted by molar-refractivity contribution is 5.32. The van der Waals surface area contributed by atoms with Gasteiger partial charge in [0.1, 0.15) is 5.75 Å². The fourth-order valence-corrected chi connectivity index (χ4v) is 2.72. The van der Waals surface area contributed by atoms with Crippen LogP contribution in [0.25, 0.3) is 0 Å². The van der Waals surface area contributed by atoms with Crippen LogP contribution in [-0.2, 0) is 6.54 Å². The zero-order valence-electron chi connectivity index (χ0n) is 13.6. The van der Waals surface area contributed by atoms with Crippen molar-refractivity contribution in [2.45, 2.75) is 33.7 Å². The predicted octanol–water partition coefficient (Wildman–Crippen LogP) is 3.14. The average molecular weight is 278 g/mol. The van der Waals surface area contributed by atoms with Gasteiger partial charge >= 0.3 is 0 Å². The Hall–Kier alpha value is -1.06. The lowest BCUT2D eigenvalue weighted by atomic mass is 9.84. The molecule has 1 unspecified atom stereocenters. The van der Waals surface area contributed by atoms with Gasteiger partial charge in [0, 0.05) is 18.7 Å². The Labute approximate surface area is 124 Å². The first-order valence-electron chi connectivity index (χ1n) is 7.36. The first-order valence-corrected chi connectivity index (χ1v) is 7.36. The van der Waals surface area contributed by atoms with Crippen LogP contribution in [0.4, 0.5) is 0 Å². The Bertz CT molecular complexity index is 398. The average Bonchev–Trinajstić information content (AvgIpc) is 2.36. The fourth-order valence-electron chi connectivity index (χ4n) is 2.72. The summed E-state index contributed by atoms with van der Waals surface area (Å²) in [5, 5.41) is 0. The Balaban J connectivity index is 2.59. The summed E-state index contributed by atoms with van der Waals surface area (Å²) in [6, 6.07) is 8.20. The molecule has 0 aliphatic carbocycles. The van der Waals surface area contributed by atoms with Crippen LogP contribution < -0.4 is 10.5 Å². The van der Waals surface area contributed by atoms with Gasteiger partial charge in [-0.1, -0.05) is 39.0 Å². The van der Waals surface area contributed by atoms with Crippen LogP contribution in [0.5, 0.6) is 5.75 Å². The second-order valence-corrected chi connectivity index (χ2v) is 6.88. The smallest absolute Gasteiger partial charge is 0.123 e. The second-order valence-electron chi connectivity index (χ2n) is 6.88. The summed E-state index contributed by atoms with van der Waals surface area (Å²) >= 11 is 0. The summed E-state index contributed by atoms with van der Waals surface area (Å²) in [5.74, 6) is 1.49. The topological polar surface area (TPSA) is 38.5 Å². The molecule has 0 saturated heterocycles. The minimum absolute atomic E-state index is 0.329. The quantitative estimate of drug-likeness (QED) is 0.832. The van der Waals surface area contributed by atoms with E-state index < -0.39 is 0 Å². The molecule has 0 aromatic heterocycles. The zero-order valence-corrected chi connectivity index (χ0v) is 13.6. The van der Waals surface area contributed by atoms with Crippen LogP contribution in [0.3, 0.4) is 0 Å². The van der Waals surface area contributed by atoms with Crippen LogP contribution in [0.15, 0.2) is 24.3 Å². The van der Waals surface area contributed by atoms with Crippen molar-refractivity contribution in [3.05, 3.63) is 29.8 Å². The maximum atomic E-state index is 5.93. The maximum absolute atomic E-state index is 5.93. The highest BCUT2D eigenvalue weighted by Gasteiger charge is 2.19. The van der Waals surface area contributed by atoms with Crippen LogP contribution in [-0.4, -0.2) is 32.1 Å². The molecule has 0 aliphatic rings. The summed E-state index contributed by atoms with van der Waals surface area (Å²) in [4.78, 5) is 2.33. The monoisotopic (exact) mass is 278 g/mol. The van der Waals surface area contributed by atoms with Crippen molar-refractivity contribution in [1.82, 2.24) is 4.90 Å². The van der Waals surface area contributed by atoms with Gasteiger partial charge in [-0.15, -0.1) is 0 Å². The van der Waals surface area contributed by atoms with Crippen molar-refractivity contribution in [2.75, 3.05) is 27.2 Å². The molecular weight excluding hydrogens is 248 g/mol.